The van der Waals surface area contributed by atoms with E-state index in [9.17, 15) is 4.57 Å². The van der Waals surface area contributed by atoms with Gasteiger partial charge in [0.1, 0.15) is 5.78 Å². The van der Waals surface area contributed by atoms with Gasteiger partial charge in [-0.1, -0.05) is 18.2 Å². The molecule has 1 aliphatic rings. The number of benzene rings is 1. The van der Waals surface area contributed by atoms with Crippen LogP contribution in [0, 0.1) is 0 Å². The summed E-state index contributed by atoms with van der Waals surface area (Å²) in [4.78, 5) is 0. The third-order valence-electron chi connectivity index (χ3n) is 3.26. The van der Waals surface area contributed by atoms with Gasteiger partial charge < -0.3 is 14.4 Å². The molecular formula is C14H22NO3P. The second-order valence-electron chi connectivity index (χ2n) is 4.58. The monoisotopic (exact) mass is 283 g/mol. The second kappa shape index (κ2) is 6.56. The molecule has 2 rings (SSSR count). The van der Waals surface area contributed by atoms with Crippen LogP contribution in [-0.2, 0) is 20.0 Å². The van der Waals surface area contributed by atoms with Gasteiger partial charge in [0, 0.05) is 5.69 Å². The first kappa shape index (κ1) is 14.6. The van der Waals surface area contributed by atoms with Crippen LogP contribution in [0.2, 0.25) is 0 Å². The van der Waals surface area contributed by atoms with Crippen molar-refractivity contribution in [3.05, 3.63) is 29.8 Å². The molecule has 0 spiro atoms. The number of rotatable bonds is 5. The van der Waals surface area contributed by atoms with Gasteiger partial charge in [0.15, 0.2) is 0 Å². The minimum atomic E-state index is -3.09. The van der Waals surface area contributed by atoms with Crippen molar-refractivity contribution < 1.29 is 13.6 Å². The molecular weight excluding hydrogens is 261 g/mol. The van der Waals surface area contributed by atoms with E-state index < -0.39 is 7.60 Å². The fraction of sp³-hybridized carbons (Fsp3) is 0.571. The molecule has 1 unspecified atom stereocenters. The summed E-state index contributed by atoms with van der Waals surface area (Å²) < 4.78 is 23.7. The van der Waals surface area contributed by atoms with Crippen LogP contribution in [0.15, 0.2) is 24.3 Å². The van der Waals surface area contributed by atoms with Crippen molar-refractivity contribution in [2.45, 2.75) is 38.9 Å². The highest BCUT2D eigenvalue weighted by Crippen LogP contribution is 2.55. The summed E-state index contributed by atoms with van der Waals surface area (Å²) in [6.07, 6.45) is 2.78. The van der Waals surface area contributed by atoms with Crippen LogP contribution in [0.5, 0.6) is 0 Å². The Morgan fingerprint density at radius 3 is 2.63 bits per heavy atom. The number of anilines is 1. The smallest absolute Gasteiger partial charge is 0.352 e. The molecule has 0 saturated carbocycles. The zero-order valence-corrected chi connectivity index (χ0v) is 12.5. The molecule has 0 amide bonds. The van der Waals surface area contributed by atoms with Crippen molar-refractivity contribution in [3.8, 4) is 0 Å². The maximum Gasteiger partial charge on any atom is 0.352 e. The molecule has 1 N–H and O–H groups in total. The van der Waals surface area contributed by atoms with Gasteiger partial charge in [-0.25, -0.2) is 0 Å². The average Bonchev–Trinajstić information content (AvgIpc) is 2.61. The lowest BCUT2D eigenvalue weighted by molar-refractivity contribution is 0.213. The summed E-state index contributed by atoms with van der Waals surface area (Å²) in [6.45, 7) is 4.49. The van der Waals surface area contributed by atoms with Crippen LogP contribution in [-0.4, -0.2) is 19.0 Å². The Kier molecular flexibility index (Phi) is 5.03. The topological polar surface area (TPSA) is 47.6 Å². The molecule has 0 bridgehead atoms. The second-order valence-corrected chi connectivity index (χ2v) is 6.80. The first-order chi connectivity index (χ1) is 9.19. The number of hydrogen-bond donors (Lipinski definition) is 1. The normalized spacial score (nSPS) is 19.4. The highest BCUT2D eigenvalue weighted by Gasteiger charge is 2.36. The summed E-state index contributed by atoms with van der Waals surface area (Å²) in [5, 5.41) is 3.36. The van der Waals surface area contributed by atoms with Crippen LogP contribution >= 0.6 is 7.60 Å². The van der Waals surface area contributed by atoms with E-state index in [0.29, 0.717) is 13.2 Å². The van der Waals surface area contributed by atoms with E-state index in [2.05, 4.69) is 11.4 Å². The van der Waals surface area contributed by atoms with E-state index in [1.807, 2.05) is 32.0 Å². The van der Waals surface area contributed by atoms with Crippen molar-refractivity contribution in [2.75, 3.05) is 18.5 Å². The van der Waals surface area contributed by atoms with Crippen molar-refractivity contribution >= 4 is 13.3 Å². The van der Waals surface area contributed by atoms with Crippen LogP contribution < -0.4 is 5.32 Å². The van der Waals surface area contributed by atoms with Crippen molar-refractivity contribution in [1.29, 1.82) is 0 Å². The lowest BCUT2D eigenvalue weighted by atomic mass is 10.1. The summed E-state index contributed by atoms with van der Waals surface area (Å²) >= 11 is 0. The molecule has 19 heavy (non-hydrogen) atoms. The lowest BCUT2D eigenvalue weighted by Crippen LogP contribution is -2.21. The van der Waals surface area contributed by atoms with Crippen LogP contribution in [0.3, 0.4) is 0 Å². The standard InChI is InChI=1S/C14H22NO3P/c1-3-17-19(16,18-4-2)14-11-7-9-12-8-5-6-10-13(12)15-14/h5-6,8,10,14-15H,3-4,7,9,11H2,1-2H3. The van der Waals surface area contributed by atoms with Gasteiger partial charge in [-0.05, 0) is 44.7 Å². The molecule has 0 fully saturated rings. The van der Waals surface area contributed by atoms with Gasteiger partial charge in [-0.3, -0.25) is 4.57 Å². The van der Waals surface area contributed by atoms with Crippen molar-refractivity contribution in [2.24, 2.45) is 0 Å². The summed E-state index contributed by atoms with van der Waals surface area (Å²) in [5.74, 6) is -0.254. The molecule has 0 aromatic heterocycles. The van der Waals surface area contributed by atoms with E-state index >= 15 is 0 Å². The van der Waals surface area contributed by atoms with Gasteiger partial charge in [-0.2, -0.15) is 0 Å². The highest BCUT2D eigenvalue weighted by atomic mass is 31.2. The molecule has 1 aliphatic heterocycles. The quantitative estimate of drug-likeness (QED) is 0.829. The number of para-hydroxylation sites is 1. The first-order valence-corrected chi connectivity index (χ1v) is 8.54. The maximum atomic E-state index is 12.8. The van der Waals surface area contributed by atoms with Crippen LogP contribution in [0.4, 0.5) is 5.69 Å². The summed E-state index contributed by atoms with van der Waals surface area (Å²) in [6, 6.07) is 8.15. The van der Waals surface area contributed by atoms with Gasteiger partial charge in [0.05, 0.1) is 13.2 Å². The van der Waals surface area contributed by atoms with E-state index in [4.69, 9.17) is 9.05 Å². The van der Waals surface area contributed by atoms with Crippen molar-refractivity contribution in [3.63, 3.8) is 0 Å². The predicted octanol–water partition coefficient (Wildman–Crippen LogP) is 4.03. The first-order valence-electron chi connectivity index (χ1n) is 6.93. The molecule has 4 nitrogen and oxygen atoms in total. The number of fused-ring (bicyclic) bond motifs is 1. The number of nitrogens with one attached hydrogen (secondary N) is 1. The van der Waals surface area contributed by atoms with Crippen LogP contribution in [0.25, 0.3) is 0 Å². The molecule has 0 radical (unpaired) electrons. The fourth-order valence-electron chi connectivity index (χ4n) is 2.43. The third-order valence-corrected chi connectivity index (χ3v) is 5.65. The SMILES string of the molecule is CCOP(=O)(OCC)C1CCCc2ccccc2N1. The lowest BCUT2D eigenvalue weighted by Gasteiger charge is -2.26. The maximum absolute atomic E-state index is 12.8. The van der Waals surface area contributed by atoms with E-state index in [1.165, 1.54) is 5.56 Å². The highest BCUT2D eigenvalue weighted by molar-refractivity contribution is 7.54. The van der Waals surface area contributed by atoms with E-state index in [1.54, 1.807) is 0 Å². The Balaban J connectivity index is 2.23. The Morgan fingerprint density at radius 2 is 1.95 bits per heavy atom. The Labute approximate surface area is 115 Å². The predicted molar refractivity (Wildman–Crippen MR) is 77.6 cm³/mol. The number of aryl methyl sites for hydroxylation is 1. The molecule has 0 aliphatic carbocycles. The van der Waals surface area contributed by atoms with Gasteiger partial charge in [0.25, 0.3) is 0 Å². The molecule has 1 heterocycles. The molecule has 1 aromatic carbocycles. The zero-order chi connectivity index (χ0) is 13.7. The van der Waals surface area contributed by atoms with Gasteiger partial charge >= 0.3 is 7.60 Å². The minimum Gasteiger partial charge on any atom is -0.371 e. The third kappa shape index (κ3) is 3.38. The van der Waals surface area contributed by atoms with E-state index in [-0.39, 0.29) is 5.78 Å². The molecule has 1 aromatic rings. The molecule has 106 valence electrons. The van der Waals surface area contributed by atoms with Gasteiger partial charge in [0.2, 0.25) is 0 Å². The average molecular weight is 283 g/mol. The Hall–Kier alpha value is -0.830. The number of hydrogen-bond acceptors (Lipinski definition) is 4. The van der Waals surface area contributed by atoms with Gasteiger partial charge in [-0.15, -0.1) is 0 Å². The fourth-order valence-corrected chi connectivity index (χ4v) is 4.38. The Morgan fingerprint density at radius 1 is 1.26 bits per heavy atom. The van der Waals surface area contributed by atoms with Crippen LogP contribution in [0.1, 0.15) is 32.3 Å². The van der Waals surface area contributed by atoms with Crippen molar-refractivity contribution in [1.82, 2.24) is 0 Å². The summed E-state index contributed by atoms with van der Waals surface area (Å²) in [5.41, 5.74) is 2.31. The minimum absolute atomic E-state index is 0.254. The van der Waals surface area contributed by atoms with E-state index in [0.717, 1.165) is 24.9 Å². The molecule has 1 atom stereocenters. The summed E-state index contributed by atoms with van der Waals surface area (Å²) in [7, 11) is -3.09. The molecule has 0 saturated heterocycles. The largest absolute Gasteiger partial charge is 0.371 e. The zero-order valence-electron chi connectivity index (χ0n) is 11.6. The Bertz CT molecular complexity index is 454. The molecule has 5 heteroatoms.